The van der Waals surface area contributed by atoms with Crippen molar-refractivity contribution in [1.29, 1.82) is 0 Å². The highest BCUT2D eigenvalue weighted by molar-refractivity contribution is 5.77. The first-order valence-electron chi connectivity index (χ1n) is 8.69. The summed E-state index contributed by atoms with van der Waals surface area (Å²) in [5.74, 6) is -0.501. The van der Waals surface area contributed by atoms with Gasteiger partial charge in [-0.15, -0.1) is 0 Å². The fourth-order valence-electron chi connectivity index (χ4n) is 3.32. The lowest BCUT2D eigenvalue weighted by Crippen LogP contribution is -2.57. The smallest absolute Gasteiger partial charge is 0.407 e. The summed E-state index contributed by atoms with van der Waals surface area (Å²) in [6.07, 6.45) is 0.832. The SMILES string of the molecule is CC1NCCN(C(=O)CCCn2c(=O)oc3cc([N+](=O)[O-])ccc32)C1C. The van der Waals surface area contributed by atoms with E-state index in [4.69, 9.17) is 4.42 Å². The van der Waals surface area contributed by atoms with Crippen LogP contribution in [0.15, 0.2) is 27.4 Å². The monoisotopic (exact) mass is 362 g/mol. The van der Waals surface area contributed by atoms with Crippen LogP contribution in [0, 0.1) is 10.1 Å². The minimum Gasteiger partial charge on any atom is -0.407 e. The Morgan fingerprint density at radius 1 is 1.42 bits per heavy atom. The Hall–Kier alpha value is -2.68. The quantitative estimate of drug-likeness (QED) is 0.637. The molecular formula is C17H22N4O5. The molecule has 1 aliphatic heterocycles. The third kappa shape index (κ3) is 3.48. The van der Waals surface area contributed by atoms with Crippen molar-refractivity contribution in [2.45, 2.75) is 45.3 Å². The number of hydrogen-bond acceptors (Lipinski definition) is 6. The van der Waals surface area contributed by atoms with Crippen molar-refractivity contribution in [3.8, 4) is 0 Å². The minimum absolute atomic E-state index is 0.0716. The second kappa shape index (κ2) is 7.28. The molecule has 2 unspecified atom stereocenters. The first kappa shape index (κ1) is 18.1. The van der Waals surface area contributed by atoms with E-state index in [1.165, 1.54) is 22.8 Å². The number of aryl methyl sites for hydroxylation is 1. The molecule has 1 aromatic heterocycles. The summed E-state index contributed by atoms with van der Waals surface area (Å²) in [5, 5.41) is 14.2. The predicted molar refractivity (Wildman–Crippen MR) is 95.0 cm³/mol. The van der Waals surface area contributed by atoms with E-state index in [1.807, 2.05) is 11.8 Å². The van der Waals surface area contributed by atoms with Gasteiger partial charge in [0.05, 0.1) is 16.5 Å². The molecule has 1 aliphatic rings. The number of nitrogens with one attached hydrogen (secondary N) is 1. The lowest BCUT2D eigenvalue weighted by Gasteiger charge is -2.38. The maximum atomic E-state index is 12.5. The van der Waals surface area contributed by atoms with Crippen LogP contribution >= 0.6 is 0 Å². The van der Waals surface area contributed by atoms with Gasteiger partial charge < -0.3 is 14.6 Å². The molecule has 0 bridgehead atoms. The molecule has 3 rings (SSSR count). The number of fused-ring (bicyclic) bond motifs is 1. The first-order chi connectivity index (χ1) is 12.4. The van der Waals surface area contributed by atoms with Gasteiger partial charge >= 0.3 is 5.76 Å². The average Bonchev–Trinajstić information content (AvgIpc) is 2.92. The molecule has 1 fully saturated rings. The molecule has 1 N–H and O–H groups in total. The molecule has 26 heavy (non-hydrogen) atoms. The zero-order valence-corrected chi connectivity index (χ0v) is 14.8. The van der Waals surface area contributed by atoms with E-state index in [2.05, 4.69) is 12.2 Å². The van der Waals surface area contributed by atoms with Crippen LogP contribution in [0.3, 0.4) is 0 Å². The third-order valence-corrected chi connectivity index (χ3v) is 4.99. The van der Waals surface area contributed by atoms with Crippen LogP contribution in [0.1, 0.15) is 26.7 Å². The van der Waals surface area contributed by atoms with Gasteiger partial charge in [0.2, 0.25) is 5.91 Å². The molecule has 0 radical (unpaired) electrons. The Morgan fingerprint density at radius 3 is 2.92 bits per heavy atom. The Balaban J connectivity index is 1.66. The molecule has 1 aromatic carbocycles. The highest BCUT2D eigenvalue weighted by atomic mass is 16.6. The van der Waals surface area contributed by atoms with Crippen LogP contribution in [-0.4, -0.2) is 45.5 Å². The van der Waals surface area contributed by atoms with Gasteiger partial charge in [-0.2, -0.15) is 0 Å². The van der Waals surface area contributed by atoms with E-state index in [-0.39, 0.29) is 29.3 Å². The van der Waals surface area contributed by atoms with Crippen LogP contribution in [0.4, 0.5) is 5.69 Å². The number of nitro groups is 1. The van der Waals surface area contributed by atoms with Crippen molar-refractivity contribution >= 4 is 22.7 Å². The van der Waals surface area contributed by atoms with Gasteiger partial charge in [0, 0.05) is 44.2 Å². The van der Waals surface area contributed by atoms with E-state index in [9.17, 15) is 19.7 Å². The molecule has 2 atom stereocenters. The molecule has 2 aromatic rings. The summed E-state index contributed by atoms with van der Waals surface area (Å²) in [4.78, 5) is 36.6. The number of non-ortho nitro benzene ring substituents is 1. The number of amides is 1. The predicted octanol–water partition coefficient (Wildman–Crippen LogP) is 1.49. The zero-order chi connectivity index (χ0) is 18.8. The lowest BCUT2D eigenvalue weighted by molar-refractivity contribution is -0.384. The number of aromatic nitrogens is 1. The van der Waals surface area contributed by atoms with Crippen molar-refractivity contribution in [3.63, 3.8) is 0 Å². The van der Waals surface area contributed by atoms with Crippen LogP contribution < -0.4 is 11.1 Å². The van der Waals surface area contributed by atoms with Gasteiger partial charge in [-0.05, 0) is 26.3 Å². The topological polar surface area (TPSA) is 111 Å². The number of benzene rings is 1. The Kier molecular flexibility index (Phi) is 5.08. The number of hydrogen-bond donors (Lipinski definition) is 1. The highest BCUT2D eigenvalue weighted by Gasteiger charge is 2.27. The van der Waals surface area contributed by atoms with Crippen molar-refractivity contribution in [2.75, 3.05) is 13.1 Å². The van der Waals surface area contributed by atoms with Crippen LogP contribution in [-0.2, 0) is 11.3 Å². The number of carbonyl (C=O) groups is 1. The molecular weight excluding hydrogens is 340 g/mol. The molecule has 0 saturated carbocycles. The normalized spacial score (nSPS) is 20.5. The molecule has 0 aliphatic carbocycles. The summed E-state index contributed by atoms with van der Waals surface area (Å²) in [5.41, 5.74) is 0.549. The van der Waals surface area contributed by atoms with Gasteiger partial charge in [-0.1, -0.05) is 0 Å². The number of piperazine rings is 1. The number of oxazole rings is 1. The van der Waals surface area contributed by atoms with Crippen LogP contribution in [0.2, 0.25) is 0 Å². The minimum atomic E-state index is -0.572. The summed E-state index contributed by atoms with van der Waals surface area (Å²) in [7, 11) is 0. The summed E-state index contributed by atoms with van der Waals surface area (Å²) < 4.78 is 6.51. The number of rotatable bonds is 5. The summed E-state index contributed by atoms with van der Waals surface area (Å²) in [6.45, 7) is 5.87. The molecule has 0 spiro atoms. The largest absolute Gasteiger partial charge is 0.419 e. The van der Waals surface area contributed by atoms with Gasteiger partial charge in [-0.25, -0.2) is 4.79 Å². The van der Waals surface area contributed by atoms with Crippen LogP contribution in [0.25, 0.3) is 11.1 Å². The summed E-state index contributed by atoms with van der Waals surface area (Å²) >= 11 is 0. The highest BCUT2D eigenvalue weighted by Crippen LogP contribution is 2.20. The fraction of sp³-hybridized carbons (Fsp3) is 0.529. The third-order valence-electron chi connectivity index (χ3n) is 4.99. The van der Waals surface area contributed by atoms with E-state index in [0.717, 1.165) is 6.54 Å². The maximum Gasteiger partial charge on any atom is 0.419 e. The van der Waals surface area contributed by atoms with Gasteiger partial charge in [0.15, 0.2) is 5.58 Å². The van der Waals surface area contributed by atoms with Crippen molar-refractivity contribution in [1.82, 2.24) is 14.8 Å². The molecule has 9 nitrogen and oxygen atoms in total. The van der Waals surface area contributed by atoms with E-state index in [1.54, 1.807) is 0 Å². The lowest BCUT2D eigenvalue weighted by atomic mass is 10.1. The van der Waals surface area contributed by atoms with Gasteiger partial charge in [0.1, 0.15) is 0 Å². The Labute approximate surface area is 149 Å². The van der Waals surface area contributed by atoms with E-state index in [0.29, 0.717) is 31.4 Å². The number of carbonyl (C=O) groups excluding carboxylic acids is 1. The molecule has 2 heterocycles. The van der Waals surface area contributed by atoms with E-state index < -0.39 is 10.7 Å². The molecule has 1 saturated heterocycles. The second-order valence-electron chi connectivity index (χ2n) is 6.60. The fourth-order valence-corrected chi connectivity index (χ4v) is 3.32. The number of nitrogens with zero attached hydrogens (tertiary/aromatic N) is 3. The average molecular weight is 362 g/mol. The standard InChI is InChI=1S/C17H22N4O5/c1-11-12(2)19(9-7-18-11)16(22)4-3-8-20-14-6-5-13(21(24)25)10-15(14)26-17(20)23/h5-6,10-12,18H,3-4,7-9H2,1-2H3. The van der Waals surface area contributed by atoms with Crippen molar-refractivity contribution in [3.05, 3.63) is 38.9 Å². The molecule has 9 heteroatoms. The van der Waals surface area contributed by atoms with Crippen molar-refractivity contribution < 1.29 is 14.1 Å². The zero-order valence-electron chi connectivity index (χ0n) is 14.8. The van der Waals surface area contributed by atoms with Crippen LogP contribution in [0.5, 0.6) is 0 Å². The van der Waals surface area contributed by atoms with Crippen molar-refractivity contribution in [2.24, 2.45) is 0 Å². The maximum absolute atomic E-state index is 12.5. The molecule has 1 amide bonds. The van der Waals surface area contributed by atoms with Gasteiger partial charge in [-0.3, -0.25) is 19.5 Å². The van der Waals surface area contributed by atoms with E-state index >= 15 is 0 Å². The number of nitro benzene ring substituents is 1. The van der Waals surface area contributed by atoms with Gasteiger partial charge in [0.25, 0.3) is 5.69 Å². The Bertz CT molecular complexity index is 887. The molecule has 140 valence electrons. The second-order valence-corrected chi connectivity index (χ2v) is 6.60. The Morgan fingerprint density at radius 2 is 2.19 bits per heavy atom. The summed E-state index contributed by atoms with van der Waals surface area (Å²) in [6, 6.07) is 4.46. The first-order valence-corrected chi connectivity index (χ1v) is 8.69.